The van der Waals surface area contributed by atoms with Gasteiger partial charge in [-0.1, -0.05) is 11.6 Å². The van der Waals surface area contributed by atoms with Crippen molar-refractivity contribution in [3.8, 4) is 0 Å². The van der Waals surface area contributed by atoms with E-state index < -0.39 is 25.3 Å². The van der Waals surface area contributed by atoms with Crippen LogP contribution in [0.3, 0.4) is 0 Å². The SMILES string of the molecule is O=C(COCC(F)(F)F)NCC1CCN(c2ccc(Cl)cc2)C1. The topological polar surface area (TPSA) is 41.6 Å². The Bertz CT molecular complexity index is 522. The summed E-state index contributed by atoms with van der Waals surface area (Å²) < 4.78 is 40.0. The molecule has 0 radical (unpaired) electrons. The Kier molecular flexibility index (Phi) is 6.12. The molecular formula is C15H18ClF3N2O2. The van der Waals surface area contributed by atoms with E-state index in [9.17, 15) is 18.0 Å². The molecule has 0 aromatic heterocycles. The van der Waals surface area contributed by atoms with Crippen molar-refractivity contribution in [1.82, 2.24) is 5.32 Å². The first-order valence-corrected chi connectivity index (χ1v) is 7.63. The van der Waals surface area contributed by atoms with Crippen molar-refractivity contribution in [2.75, 3.05) is 37.7 Å². The molecule has 1 aromatic carbocycles. The third-order valence-corrected chi connectivity index (χ3v) is 3.82. The summed E-state index contributed by atoms with van der Waals surface area (Å²) in [6.45, 7) is 0.0949. The highest BCUT2D eigenvalue weighted by Crippen LogP contribution is 2.24. The molecule has 128 valence electrons. The minimum absolute atomic E-state index is 0.261. The lowest BCUT2D eigenvalue weighted by Gasteiger charge is -2.19. The number of hydrogen-bond donors (Lipinski definition) is 1. The summed E-state index contributed by atoms with van der Waals surface area (Å²) in [5, 5.41) is 3.29. The fourth-order valence-corrected chi connectivity index (χ4v) is 2.58. The molecule has 1 heterocycles. The first-order valence-electron chi connectivity index (χ1n) is 7.25. The van der Waals surface area contributed by atoms with E-state index in [0.29, 0.717) is 11.6 Å². The number of nitrogens with zero attached hydrogens (tertiary/aromatic N) is 1. The van der Waals surface area contributed by atoms with Crippen LogP contribution in [0.4, 0.5) is 18.9 Å². The van der Waals surface area contributed by atoms with Crippen LogP contribution in [-0.4, -0.2) is 44.9 Å². The molecule has 1 unspecified atom stereocenters. The van der Waals surface area contributed by atoms with E-state index in [2.05, 4.69) is 15.0 Å². The predicted octanol–water partition coefficient (Wildman–Crippen LogP) is 2.86. The van der Waals surface area contributed by atoms with Crippen molar-refractivity contribution in [2.45, 2.75) is 12.6 Å². The number of ether oxygens (including phenoxy) is 1. The maximum atomic E-state index is 11.9. The summed E-state index contributed by atoms with van der Waals surface area (Å²) in [5.41, 5.74) is 1.07. The summed E-state index contributed by atoms with van der Waals surface area (Å²) in [5.74, 6) is -0.267. The number of carbonyl (C=O) groups excluding carboxylic acids is 1. The van der Waals surface area contributed by atoms with Gasteiger partial charge in [0.15, 0.2) is 0 Å². The fraction of sp³-hybridized carbons (Fsp3) is 0.533. The van der Waals surface area contributed by atoms with Crippen molar-refractivity contribution in [3.63, 3.8) is 0 Å². The molecular weight excluding hydrogens is 333 g/mol. The Balaban J connectivity index is 1.67. The van der Waals surface area contributed by atoms with Crippen molar-refractivity contribution in [1.29, 1.82) is 0 Å². The number of amides is 1. The Labute approximate surface area is 137 Å². The van der Waals surface area contributed by atoms with Gasteiger partial charge in [-0.15, -0.1) is 0 Å². The Morgan fingerprint density at radius 2 is 2.04 bits per heavy atom. The first kappa shape index (κ1) is 17.9. The fourth-order valence-electron chi connectivity index (χ4n) is 2.45. The second-order valence-electron chi connectivity index (χ2n) is 5.49. The lowest BCUT2D eigenvalue weighted by molar-refractivity contribution is -0.175. The van der Waals surface area contributed by atoms with Gasteiger partial charge in [0, 0.05) is 30.3 Å². The van der Waals surface area contributed by atoms with Crippen molar-refractivity contribution in [2.24, 2.45) is 5.92 Å². The zero-order valence-electron chi connectivity index (χ0n) is 12.4. The number of anilines is 1. The molecule has 1 aliphatic heterocycles. The molecule has 0 spiro atoms. The predicted molar refractivity (Wildman–Crippen MR) is 81.7 cm³/mol. The van der Waals surface area contributed by atoms with E-state index in [0.717, 1.165) is 25.2 Å². The van der Waals surface area contributed by atoms with Crippen LogP contribution in [0.15, 0.2) is 24.3 Å². The van der Waals surface area contributed by atoms with Crippen molar-refractivity contribution < 1.29 is 22.7 Å². The summed E-state index contributed by atoms with van der Waals surface area (Å²) in [6.07, 6.45) is -3.50. The third kappa shape index (κ3) is 6.27. The Morgan fingerprint density at radius 3 is 2.70 bits per heavy atom. The van der Waals surface area contributed by atoms with Gasteiger partial charge in [0.2, 0.25) is 5.91 Å². The van der Waals surface area contributed by atoms with Crippen LogP contribution in [0.1, 0.15) is 6.42 Å². The van der Waals surface area contributed by atoms with Crippen molar-refractivity contribution in [3.05, 3.63) is 29.3 Å². The Morgan fingerprint density at radius 1 is 1.35 bits per heavy atom. The second-order valence-corrected chi connectivity index (χ2v) is 5.93. The van der Waals surface area contributed by atoms with Crippen LogP contribution in [0.25, 0.3) is 0 Å². The van der Waals surface area contributed by atoms with Crippen molar-refractivity contribution >= 4 is 23.2 Å². The molecule has 0 bridgehead atoms. The molecule has 4 nitrogen and oxygen atoms in total. The quantitative estimate of drug-likeness (QED) is 0.857. The second kappa shape index (κ2) is 7.88. The molecule has 1 amide bonds. The van der Waals surface area contributed by atoms with Crippen LogP contribution >= 0.6 is 11.6 Å². The van der Waals surface area contributed by atoms with Gasteiger partial charge in [-0.05, 0) is 36.6 Å². The van der Waals surface area contributed by atoms with Crippen LogP contribution in [0.2, 0.25) is 5.02 Å². The molecule has 2 rings (SSSR count). The average molecular weight is 351 g/mol. The van der Waals surface area contributed by atoms with Gasteiger partial charge in [0.1, 0.15) is 13.2 Å². The first-order chi connectivity index (χ1) is 10.8. The maximum absolute atomic E-state index is 11.9. The number of hydrogen-bond acceptors (Lipinski definition) is 3. The zero-order chi connectivity index (χ0) is 16.9. The highest BCUT2D eigenvalue weighted by Gasteiger charge is 2.28. The number of nitrogens with one attached hydrogen (secondary N) is 1. The van der Waals surface area contributed by atoms with Gasteiger partial charge in [-0.2, -0.15) is 13.2 Å². The number of halogens is 4. The number of alkyl halides is 3. The standard InChI is InChI=1S/C15H18ClF3N2O2/c16-12-1-3-13(4-2-12)21-6-5-11(8-21)7-20-14(22)9-23-10-15(17,18)19/h1-4,11H,5-10H2,(H,20,22). The lowest BCUT2D eigenvalue weighted by Crippen LogP contribution is -2.34. The molecule has 23 heavy (non-hydrogen) atoms. The van der Waals surface area contributed by atoms with Crippen LogP contribution in [0, 0.1) is 5.92 Å². The van der Waals surface area contributed by atoms with Gasteiger partial charge in [-0.3, -0.25) is 4.79 Å². The van der Waals surface area contributed by atoms with E-state index in [1.165, 1.54) is 0 Å². The van der Waals surface area contributed by atoms with Crippen LogP contribution in [0.5, 0.6) is 0 Å². The van der Waals surface area contributed by atoms with Gasteiger partial charge < -0.3 is 15.0 Å². The molecule has 0 saturated carbocycles. The average Bonchev–Trinajstić information content (AvgIpc) is 2.93. The van der Waals surface area contributed by atoms with E-state index in [1.807, 2.05) is 24.3 Å². The zero-order valence-corrected chi connectivity index (χ0v) is 13.2. The Hall–Kier alpha value is -1.47. The van der Waals surface area contributed by atoms with Gasteiger partial charge in [0.05, 0.1) is 0 Å². The summed E-state index contributed by atoms with van der Waals surface area (Å²) in [6, 6.07) is 7.52. The van der Waals surface area contributed by atoms with E-state index >= 15 is 0 Å². The maximum Gasteiger partial charge on any atom is 0.411 e. The third-order valence-electron chi connectivity index (χ3n) is 3.56. The normalized spacial score (nSPS) is 18.3. The highest BCUT2D eigenvalue weighted by molar-refractivity contribution is 6.30. The molecule has 0 aliphatic carbocycles. The number of carbonyl (C=O) groups is 1. The summed E-state index contributed by atoms with van der Waals surface area (Å²) in [4.78, 5) is 13.6. The monoisotopic (exact) mass is 350 g/mol. The van der Waals surface area contributed by atoms with Gasteiger partial charge in [-0.25, -0.2) is 0 Å². The van der Waals surface area contributed by atoms with Gasteiger partial charge in [0.25, 0.3) is 0 Å². The molecule has 1 atom stereocenters. The van der Waals surface area contributed by atoms with E-state index in [1.54, 1.807) is 0 Å². The lowest BCUT2D eigenvalue weighted by atomic mass is 10.1. The van der Waals surface area contributed by atoms with E-state index in [4.69, 9.17) is 11.6 Å². The molecule has 1 fully saturated rings. The number of rotatable bonds is 6. The minimum Gasteiger partial charge on any atom is -0.371 e. The van der Waals surface area contributed by atoms with E-state index in [-0.39, 0.29) is 5.92 Å². The number of benzene rings is 1. The summed E-state index contributed by atoms with van der Waals surface area (Å²) >= 11 is 5.85. The largest absolute Gasteiger partial charge is 0.411 e. The molecule has 1 aliphatic rings. The molecule has 1 saturated heterocycles. The van der Waals surface area contributed by atoms with Crippen LogP contribution in [-0.2, 0) is 9.53 Å². The summed E-state index contributed by atoms with van der Waals surface area (Å²) in [7, 11) is 0. The highest BCUT2D eigenvalue weighted by atomic mass is 35.5. The smallest absolute Gasteiger partial charge is 0.371 e. The van der Waals surface area contributed by atoms with Gasteiger partial charge >= 0.3 is 6.18 Å². The molecule has 1 N–H and O–H groups in total. The van der Waals surface area contributed by atoms with Crippen LogP contribution < -0.4 is 10.2 Å². The molecule has 1 aromatic rings. The minimum atomic E-state index is -4.41. The molecule has 8 heteroatoms.